The zero-order chi connectivity index (χ0) is 7.11. The molecule has 0 radical (unpaired) electrons. The standard InChI is InChI=1S/C6H15N3/c1-3-5-9(2)6-4-8-7/h4,6,8H,3,5,7H2,1-2H3/b6-4-. The summed E-state index contributed by atoms with van der Waals surface area (Å²) in [4.78, 5) is 2.07. The zero-order valence-electron chi connectivity index (χ0n) is 6.09. The van der Waals surface area contributed by atoms with Crippen LogP contribution in [0.1, 0.15) is 13.3 Å². The van der Waals surface area contributed by atoms with E-state index in [-0.39, 0.29) is 0 Å². The van der Waals surface area contributed by atoms with Crippen molar-refractivity contribution in [3.05, 3.63) is 12.4 Å². The van der Waals surface area contributed by atoms with Crippen molar-refractivity contribution in [3.63, 3.8) is 0 Å². The number of hydrogen-bond acceptors (Lipinski definition) is 3. The zero-order valence-corrected chi connectivity index (χ0v) is 6.09. The minimum atomic E-state index is 1.07. The molecule has 0 saturated carbocycles. The van der Waals surface area contributed by atoms with Gasteiger partial charge in [0.05, 0.1) is 0 Å². The van der Waals surface area contributed by atoms with Crippen LogP contribution in [0.25, 0.3) is 0 Å². The molecule has 0 aromatic carbocycles. The summed E-state index contributed by atoms with van der Waals surface area (Å²) >= 11 is 0. The lowest BCUT2D eigenvalue weighted by atomic mass is 10.4. The highest BCUT2D eigenvalue weighted by atomic mass is 15.2. The molecule has 54 valence electrons. The summed E-state index contributed by atoms with van der Waals surface area (Å²) < 4.78 is 0. The van der Waals surface area contributed by atoms with Crippen molar-refractivity contribution >= 4 is 0 Å². The lowest BCUT2D eigenvalue weighted by Crippen LogP contribution is -2.17. The number of nitrogens with one attached hydrogen (secondary N) is 1. The fourth-order valence-corrected chi connectivity index (χ4v) is 0.598. The Morgan fingerprint density at radius 1 is 1.67 bits per heavy atom. The number of nitrogens with two attached hydrogens (primary N) is 1. The molecule has 0 spiro atoms. The number of hydrazine groups is 1. The van der Waals surface area contributed by atoms with E-state index in [1.807, 2.05) is 13.2 Å². The fraction of sp³-hybridized carbons (Fsp3) is 0.667. The summed E-state index contributed by atoms with van der Waals surface area (Å²) in [5.74, 6) is 5.01. The molecule has 0 aromatic heterocycles. The first-order valence-corrected chi connectivity index (χ1v) is 3.14. The molecule has 0 heterocycles. The Balaban J connectivity index is 3.25. The Bertz CT molecular complexity index is 80.4. The molecule has 9 heavy (non-hydrogen) atoms. The Hall–Kier alpha value is -0.700. The molecule has 0 aliphatic carbocycles. The van der Waals surface area contributed by atoms with E-state index in [1.165, 1.54) is 0 Å². The van der Waals surface area contributed by atoms with Crippen LogP contribution in [-0.2, 0) is 0 Å². The van der Waals surface area contributed by atoms with Crippen LogP contribution in [0.5, 0.6) is 0 Å². The fourth-order valence-electron chi connectivity index (χ4n) is 0.598. The van der Waals surface area contributed by atoms with Gasteiger partial charge < -0.3 is 10.3 Å². The first-order valence-electron chi connectivity index (χ1n) is 3.14. The molecule has 3 heteroatoms. The Morgan fingerprint density at radius 2 is 2.33 bits per heavy atom. The van der Waals surface area contributed by atoms with Crippen LogP contribution in [0.15, 0.2) is 12.4 Å². The minimum Gasteiger partial charge on any atom is -0.379 e. The van der Waals surface area contributed by atoms with Crippen LogP contribution < -0.4 is 11.3 Å². The van der Waals surface area contributed by atoms with Gasteiger partial charge in [-0.2, -0.15) is 0 Å². The lowest BCUT2D eigenvalue weighted by molar-refractivity contribution is 0.452. The summed E-state index contributed by atoms with van der Waals surface area (Å²) in [6.07, 6.45) is 4.77. The van der Waals surface area contributed by atoms with Gasteiger partial charge in [0.1, 0.15) is 0 Å². The van der Waals surface area contributed by atoms with Gasteiger partial charge in [0, 0.05) is 26.0 Å². The van der Waals surface area contributed by atoms with Gasteiger partial charge in [-0.1, -0.05) is 6.92 Å². The summed E-state index contributed by atoms with van der Waals surface area (Å²) in [6, 6.07) is 0. The summed E-state index contributed by atoms with van der Waals surface area (Å²) in [7, 11) is 2.01. The average Bonchev–Trinajstić information content (AvgIpc) is 1.85. The van der Waals surface area contributed by atoms with Crippen molar-refractivity contribution < 1.29 is 0 Å². The second kappa shape index (κ2) is 5.44. The van der Waals surface area contributed by atoms with Crippen LogP contribution >= 0.6 is 0 Å². The van der Waals surface area contributed by atoms with Gasteiger partial charge in [0.2, 0.25) is 0 Å². The van der Waals surface area contributed by atoms with Gasteiger partial charge in [-0.05, 0) is 6.42 Å². The highest BCUT2D eigenvalue weighted by Crippen LogP contribution is 1.84. The number of hydrogen-bond donors (Lipinski definition) is 2. The molecule has 3 nitrogen and oxygen atoms in total. The van der Waals surface area contributed by atoms with E-state index in [0.717, 1.165) is 13.0 Å². The van der Waals surface area contributed by atoms with Gasteiger partial charge in [0.25, 0.3) is 0 Å². The van der Waals surface area contributed by atoms with E-state index in [4.69, 9.17) is 5.84 Å². The molecule has 0 aliphatic heterocycles. The number of nitrogens with zero attached hydrogens (tertiary/aromatic N) is 1. The largest absolute Gasteiger partial charge is 0.379 e. The third-order valence-electron chi connectivity index (χ3n) is 1.00. The minimum absolute atomic E-state index is 1.07. The summed E-state index contributed by atoms with van der Waals surface area (Å²) in [5, 5.41) is 0. The second-order valence-corrected chi connectivity index (χ2v) is 1.96. The van der Waals surface area contributed by atoms with Gasteiger partial charge >= 0.3 is 0 Å². The second-order valence-electron chi connectivity index (χ2n) is 1.96. The molecule has 3 N–H and O–H groups in total. The predicted octanol–water partition coefficient (Wildman–Crippen LogP) is 0.263. The Kier molecular flexibility index (Phi) is 5.01. The highest BCUT2D eigenvalue weighted by Gasteiger charge is 1.83. The smallest absolute Gasteiger partial charge is 0.0282 e. The van der Waals surface area contributed by atoms with Crippen LogP contribution in [-0.4, -0.2) is 18.5 Å². The molecule has 0 rings (SSSR count). The first kappa shape index (κ1) is 8.30. The van der Waals surface area contributed by atoms with Crippen molar-refractivity contribution in [1.82, 2.24) is 10.3 Å². The lowest BCUT2D eigenvalue weighted by Gasteiger charge is -2.10. The molecule has 0 atom stereocenters. The van der Waals surface area contributed by atoms with Gasteiger partial charge in [0.15, 0.2) is 0 Å². The van der Waals surface area contributed by atoms with Crippen molar-refractivity contribution in [2.75, 3.05) is 13.6 Å². The third-order valence-corrected chi connectivity index (χ3v) is 1.00. The molecule has 0 bridgehead atoms. The molecular weight excluding hydrogens is 114 g/mol. The average molecular weight is 129 g/mol. The SMILES string of the molecule is CCCN(C)/C=C\NN. The molecule has 0 amide bonds. The quantitative estimate of drug-likeness (QED) is 0.422. The maximum atomic E-state index is 5.01. The van der Waals surface area contributed by atoms with E-state index in [0.29, 0.717) is 0 Å². The van der Waals surface area contributed by atoms with E-state index in [1.54, 1.807) is 6.20 Å². The van der Waals surface area contributed by atoms with Crippen LogP contribution in [0.2, 0.25) is 0 Å². The maximum Gasteiger partial charge on any atom is 0.0282 e. The predicted molar refractivity (Wildman–Crippen MR) is 39.4 cm³/mol. The topological polar surface area (TPSA) is 41.3 Å². The van der Waals surface area contributed by atoms with Crippen LogP contribution in [0, 0.1) is 0 Å². The Morgan fingerprint density at radius 3 is 2.78 bits per heavy atom. The molecule has 0 fully saturated rings. The highest BCUT2D eigenvalue weighted by molar-refractivity contribution is 4.75. The summed E-state index contributed by atoms with van der Waals surface area (Å²) in [5.41, 5.74) is 2.43. The van der Waals surface area contributed by atoms with Crippen molar-refractivity contribution in [2.24, 2.45) is 5.84 Å². The van der Waals surface area contributed by atoms with E-state index in [2.05, 4.69) is 17.2 Å². The van der Waals surface area contributed by atoms with Gasteiger partial charge in [-0.3, -0.25) is 5.84 Å². The normalized spacial score (nSPS) is 10.1. The molecular formula is C6H15N3. The van der Waals surface area contributed by atoms with E-state index >= 15 is 0 Å². The summed E-state index contributed by atoms with van der Waals surface area (Å²) in [6.45, 7) is 3.21. The van der Waals surface area contributed by atoms with Crippen LogP contribution in [0.3, 0.4) is 0 Å². The van der Waals surface area contributed by atoms with Crippen molar-refractivity contribution in [2.45, 2.75) is 13.3 Å². The van der Waals surface area contributed by atoms with Crippen molar-refractivity contribution in [1.29, 1.82) is 0 Å². The van der Waals surface area contributed by atoms with E-state index in [9.17, 15) is 0 Å². The molecule has 0 saturated heterocycles. The monoisotopic (exact) mass is 129 g/mol. The van der Waals surface area contributed by atoms with Crippen molar-refractivity contribution in [3.8, 4) is 0 Å². The molecule has 0 aliphatic rings. The maximum absolute atomic E-state index is 5.01. The molecule has 0 unspecified atom stereocenters. The number of rotatable bonds is 4. The van der Waals surface area contributed by atoms with Gasteiger partial charge in [-0.25, -0.2) is 0 Å². The first-order chi connectivity index (χ1) is 4.31. The van der Waals surface area contributed by atoms with Crippen LogP contribution in [0.4, 0.5) is 0 Å². The van der Waals surface area contributed by atoms with Gasteiger partial charge in [-0.15, -0.1) is 0 Å². The third kappa shape index (κ3) is 5.17. The van der Waals surface area contributed by atoms with E-state index < -0.39 is 0 Å². The molecule has 0 aromatic rings. The Labute approximate surface area is 56.5 Å².